The van der Waals surface area contributed by atoms with E-state index >= 15 is 0 Å². The van der Waals surface area contributed by atoms with E-state index in [-0.39, 0.29) is 10.7 Å². The summed E-state index contributed by atoms with van der Waals surface area (Å²) >= 11 is 5.17. The third kappa shape index (κ3) is 5.18. The van der Waals surface area contributed by atoms with Crippen molar-refractivity contribution in [1.82, 2.24) is 15.3 Å². The van der Waals surface area contributed by atoms with E-state index in [1.54, 1.807) is 50.6 Å². The lowest BCUT2D eigenvalue weighted by molar-refractivity contribution is 0.0977. The molecule has 0 unspecified atom stereocenters. The lowest BCUT2D eigenvalue weighted by Gasteiger charge is -2.12. The van der Waals surface area contributed by atoms with E-state index in [0.717, 1.165) is 6.07 Å². The maximum absolute atomic E-state index is 13.3. The van der Waals surface area contributed by atoms with Gasteiger partial charge in [-0.15, -0.1) is 0 Å². The van der Waals surface area contributed by atoms with Crippen LogP contribution in [0.15, 0.2) is 67.0 Å². The number of halogens is 1. The molecule has 0 spiro atoms. The van der Waals surface area contributed by atoms with Gasteiger partial charge >= 0.3 is 0 Å². The van der Waals surface area contributed by atoms with Crippen LogP contribution in [0.3, 0.4) is 0 Å². The van der Waals surface area contributed by atoms with Crippen LogP contribution in [0.1, 0.15) is 10.4 Å². The average Bonchev–Trinajstić information content (AvgIpc) is 2.84. The fraction of sp³-hybridized carbons (Fsp3) is 0.0833. The van der Waals surface area contributed by atoms with Crippen LogP contribution in [0, 0.1) is 5.82 Å². The van der Waals surface area contributed by atoms with Gasteiger partial charge in [-0.3, -0.25) is 10.1 Å². The Labute approximate surface area is 199 Å². The number of aromatic nitrogens is 2. The molecule has 0 radical (unpaired) electrons. The molecule has 0 aliphatic heterocycles. The Balaban J connectivity index is 1.44. The van der Waals surface area contributed by atoms with E-state index in [1.165, 1.54) is 24.5 Å². The van der Waals surface area contributed by atoms with Crippen molar-refractivity contribution in [2.45, 2.75) is 0 Å². The number of anilines is 1. The molecule has 1 aromatic heterocycles. The summed E-state index contributed by atoms with van der Waals surface area (Å²) in [5.41, 5.74) is 1.43. The second kappa shape index (κ2) is 10.1. The average molecular weight is 479 g/mol. The van der Waals surface area contributed by atoms with Crippen LogP contribution >= 0.6 is 12.2 Å². The number of hydrogen-bond acceptors (Lipinski definition) is 7. The SMILES string of the molecule is COc1cc2ncnc(Oc3ccc(NC(=S)NC(=O)c4cccc(F)c4)cc3)c2cc1OC. The van der Waals surface area contributed by atoms with Gasteiger partial charge < -0.3 is 19.5 Å². The van der Waals surface area contributed by atoms with E-state index in [0.29, 0.717) is 39.7 Å². The molecule has 0 fully saturated rings. The normalized spacial score (nSPS) is 10.4. The Hall–Kier alpha value is -4.31. The van der Waals surface area contributed by atoms with Gasteiger partial charge in [-0.2, -0.15) is 0 Å². The minimum atomic E-state index is -0.514. The number of amides is 1. The number of thiocarbonyl (C=S) groups is 1. The summed E-state index contributed by atoms with van der Waals surface area (Å²) in [6, 6.07) is 15.7. The highest BCUT2D eigenvalue weighted by Crippen LogP contribution is 2.35. The molecular formula is C24H19FN4O4S. The van der Waals surface area contributed by atoms with Gasteiger partial charge in [0.15, 0.2) is 16.6 Å². The zero-order chi connectivity index (χ0) is 24.1. The van der Waals surface area contributed by atoms with Crippen LogP contribution in [0.5, 0.6) is 23.1 Å². The van der Waals surface area contributed by atoms with Crippen molar-refractivity contribution in [3.63, 3.8) is 0 Å². The predicted molar refractivity (Wildman–Crippen MR) is 129 cm³/mol. The van der Waals surface area contributed by atoms with E-state index in [1.807, 2.05) is 0 Å². The number of nitrogens with zero attached hydrogens (tertiary/aromatic N) is 2. The standard InChI is InChI=1S/C24H19FN4O4S/c1-31-20-11-18-19(12-21(20)32-2)26-13-27-23(18)33-17-8-6-16(7-9-17)28-24(34)29-22(30)14-4-3-5-15(25)10-14/h3-13H,1-2H3,(H2,28,29,30,34). The first kappa shape index (κ1) is 22.9. The first-order chi connectivity index (χ1) is 16.5. The van der Waals surface area contributed by atoms with Crippen LogP contribution < -0.4 is 24.8 Å². The van der Waals surface area contributed by atoms with E-state index in [2.05, 4.69) is 20.6 Å². The van der Waals surface area contributed by atoms with Crippen LogP contribution in [0.2, 0.25) is 0 Å². The molecule has 1 amide bonds. The molecule has 4 aromatic rings. The van der Waals surface area contributed by atoms with Crippen molar-refractivity contribution in [2.24, 2.45) is 0 Å². The second-order valence-corrected chi connectivity index (χ2v) is 7.36. The molecule has 0 bridgehead atoms. The van der Waals surface area contributed by atoms with Crippen molar-refractivity contribution < 1.29 is 23.4 Å². The number of fused-ring (bicyclic) bond motifs is 1. The smallest absolute Gasteiger partial charge is 0.257 e. The van der Waals surface area contributed by atoms with Gasteiger partial charge in [-0.1, -0.05) is 6.07 Å². The van der Waals surface area contributed by atoms with Crippen molar-refractivity contribution >= 4 is 39.8 Å². The molecule has 2 N–H and O–H groups in total. The molecule has 0 aliphatic rings. The fourth-order valence-corrected chi connectivity index (χ4v) is 3.34. The highest BCUT2D eigenvalue weighted by atomic mass is 32.1. The summed E-state index contributed by atoms with van der Waals surface area (Å²) in [5, 5.41) is 6.14. The monoisotopic (exact) mass is 478 g/mol. The zero-order valence-corrected chi connectivity index (χ0v) is 19.0. The molecule has 0 aliphatic carbocycles. The quantitative estimate of drug-likeness (QED) is 0.385. The van der Waals surface area contributed by atoms with Crippen LogP contribution in [-0.2, 0) is 0 Å². The number of hydrogen-bond donors (Lipinski definition) is 2. The topological polar surface area (TPSA) is 94.6 Å². The van der Waals surface area contributed by atoms with Gasteiger partial charge in [0.2, 0.25) is 5.88 Å². The van der Waals surface area contributed by atoms with Crippen molar-refractivity contribution in [2.75, 3.05) is 19.5 Å². The minimum Gasteiger partial charge on any atom is -0.493 e. The number of carbonyl (C=O) groups excluding carboxylic acids is 1. The number of nitrogens with one attached hydrogen (secondary N) is 2. The number of rotatable bonds is 6. The second-order valence-electron chi connectivity index (χ2n) is 6.95. The van der Waals surface area contributed by atoms with Gasteiger partial charge in [0.1, 0.15) is 17.9 Å². The molecular weight excluding hydrogens is 459 g/mol. The Bertz CT molecular complexity index is 1370. The highest BCUT2D eigenvalue weighted by Gasteiger charge is 2.13. The van der Waals surface area contributed by atoms with Crippen molar-refractivity contribution in [1.29, 1.82) is 0 Å². The Kier molecular flexibility index (Phi) is 6.79. The molecule has 4 rings (SSSR count). The summed E-state index contributed by atoms with van der Waals surface area (Å²) in [7, 11) is 3.10. The summed E-state index contributed by atoms with van der Waals surface area (Å²) < 4.78 is 29.9. The van der Waals surface area contributed by atoms with Gasteiger partial charge in [0.05, 0.1) is 25.1 Å². The van der Waals surface area contributed by atoms with Crippen molar-refractivity contribution in [3.8, 4) is 23.1 Å². The van der Waals surface area contributed by atoms with Crippen molar-refractivity contribution in [3.05, 3.63) is 78.4 Å². The number of carbonyl (C=O) groups is 1. The number of benzene rings is 3. The molecule has 34 heavy (non-hydrogen) atoms. The van der Waals surface area contributed by atoms with E-state index in [9.17, 15) is 9.18 Å². The van der Waals surface area contributed by atoms with Crippen LogP contribution in [-0.4, -0.2) is 35.2 Å². The van der Waals surface area contributed by atoms with Crippen LogP contribution in [0.25, 0.3) is 10.9 Å². The van der Waals surface area contributed by atoms with Gasteiger partial charge in [-0.25, -0.2) is 14.4 Å². The molecule has 10 heteroatoms. The fourth-order valence-electron chi connectivity index (χ4n) is 3.13. The lowest BCUT2D eigenvalue weighted by Crippen LogP contribution is -2.34. The Morgan fingerprint density at radius 1 is 0.971 bits per heavy atom. The van der Waals surface area contributed by atoms with Gasteiger partial charge in [0.25, 0.3) is 5.91 Å². The summed E-state index contributed by atoms with van der Waals surface area (Å²) in [5.74, 6) is 0.939. The molecule has 1 heterocycles. The maximum Gasteiger partial charge on any atom is 0.257 e. The summed E-state index contributed by atoms with van der Waals surface area (Å²) in [4.78, 5) is 20.7. The van der Waals surface area contributed by atoms with Gasteiger partial charge in [0, 0.05) is 17.3 Å². The van der Waals surface area contributed by atoms with E-state index < -0.39 is 11.7 Å². The third-order valence-electron chi connectivity index (χ3n) is 4.74. The van der Waals surface area contributed by atoms with Crippen LogP contribution in [0.4, 0.5) is 10.1 Å². The highest BCUT2D eigenvalue weighted by molar-refractivity contribution is 7.80. The third-order valence-corrected chi connectivity index (χ3v) is 4.95. The predicted octanol–water partition coefficient (Wildman–Crippen LogP) is 4.71. The largest absolute Gasteiger partial charge is 0.493 e. The van der Waals surface area contributed by atoms with E-state index in [4.69, 9.17) is 26.4 Å². The molecule has 0 saturated carbocycles. The Morgan fingerprint density at radius 3 is 2.41 bits per heavy atom. The lowest BCUT2D eigenvalue weighted by atomic mass is 10.2. The first-order valence-corrected chi connectivity index (χ1v) is 10.4. The summed E-state index contributed by atoms with van der Waals surface area (Å²) in [6.45, 7) is 0. The minimum absolute atomic E-state index is 0.0748. The molecule has 172 valence electrons. The zero-order valence-electron chi connectivity index (χ0n) is 18.2. The molecule has 0 atom stereocenters. The number of methoxy groups -OCH3 is 2. The molecule has 3 aromatic carbocycles. The Morgan fingerprint density at radius 2 is 1.71 bits per heavy atom. The van der Waals surface area contributed by atoms with Gasteiger partial charge in [-0.05, 0) is 60.7 Å². The molecule has 8 nitrogen and oxygen atoms in total. The molecule has 0 saturated heterocycles. The maximum atomic E-state index is 13.3. The first-order valence-electron chi connectivity index (χ1n) is 9.99. The summed E-state index contributed by atoms with van der Waals surface area (Å²) in [6.07, 6.45) is 1.40. The number of ether oxygens (including phenoxy) is 3.